The maximum Gasteiger partial charge on any atom is 0.343 e. The molecule has 1 aliphatic heterocycles. The van der Waals surface area contributed by atoms with Crippen molar-refractivity contribution in [2.45, 2.75) is 19.4 Å². The molecule has 2 amide bonds. The second kappa shape index (κ2) is 3.02. The third kappa shape index (κ3) is 1.75. The molecule has 1 atom stereocenters. The molecule has 1 aliphatic rings. The standard InChI is InChI=1S/C7H13N2O2P/c1-7(2)5-12(11)4-3-9(7)6(8)10/h3-5H2,1-2H3,(H-,8,10)/p+1. The lowest BCUT2D eigenvalue weighted by Crippen LogP contribution is -2.55. The minimum absolute atomic E-state index is 0.336. The molecule has 1 heterocycles. The SMILES string of the molecule is CC1(C)C[P+](=O)CCN1C(N)=O. The fourth-order valence-corrected chi connectivity index (χ4v) is 3.13. The summed E-state index contributed by atoms with van der Waals surface area (Å²) in [6.07, 6.45) is 1.15. The van der Waals surface area contributed by atoms with Gasteiger partial charge in [0.05, 0.1) is 12.1 Å². The van der Waals surface area contributed by atoms with Crippen LogP contribution >= 0.6 is 7.80 Å². The summed E-state index contributed by atoms with van der Waals surface area (Å²) < 4.78 is 11.2. The van der Waals surface area contributed by atoms with Gasteiger partial charge in [0, 0.05) is 0 Å². The number of primary amides is 1. The lowest BCUT2D eigenvalue weighted by Gasteiger charge is -2.36. The van der Waals surface area contributed by atoms with Gasteiger partial charge in [-0.15, -0.1) is 0 Å². The maximum absolute atomic E-state index is 11.2. The molecule has 1 unspecified atom stereocenters. The third-order valence-electron chi connectivity index (χ3n) is 2.13. The number of urea groups is 1. The Bertz CT molecular complexity index is 227. The van der Waals surface area contributed by atoms with Crippen LogP contribution in [-0.4, -0.2) is 35.3 Å². The molecule has 1 fully saturated rings. The van der Waals surface area contributed by atoms with Crippen LogP contribution < -0.4 is 5.73 Å². The van der Waals surface area contributed by atoms with E-state index in [0.29, 0.717) is 18.9 Å². The number of carbonyl (C=O) groups is 1. The highest BCUT2D eigenvalue weighted by molar-refractivity contribution is 7.44. The van der Waals surface area contributed by atoms with Crippen molar-refractivity contribution < 1.29 is 9.36 Å². The lowest BCUT2D eigenvalue weighted by atomic mass is 10.1. The van der Waals surface area contributed by atoms with Crippen LogP contribution in [-0.2, 0) is 4.57 Å². The smallest absolute Gasteiger partial charge is 0.343 e. The van der Waals surface area contributed by atoms with Gasteiger partial charge in [0.25, 0.3) is 0 Å². The summed E-state index contributed by atoms with van der Waals surface area (Å²) in [5.74, 6) is 0. The molecular formula is C7H14N2O2P+. The van der Waals surface area contributed by atoms with Crippen molar-refractivity contribution in [1.82, 2.24) is 4.90 Å². The Labute approximate surface area is 72.9 Å². The zero-order valence-corrected chi connectivity index (χ0v) is 8.30. The first-order valence-corrected chi connectivity index (χ1v) is 5.55. The number of nitrogens with two attached hydrogens (primary N) is 1. The van der Waals surface area contributed by atoms with E-state index in [4.69, 9.17) is 5.73 Å². The summed E-state index contributed by atoms with van der Waals surface area (Å²) in [6, 6.07) is -0.414. The number of hydrogen-bond acceptors (Lipinski definition) is 2. The van der Waals surface area contributed by atoms with Gasteiger partial charge >= 0.3 is 13.8 Å². The first-order chi connectivity index (χ1) is 5.43. The Morgan fingerprint density at radius 1 is 1.58 bits per heavy atom. The Hall–Kier alpha value is -0.630. The minimum atomic E-state index is -1.13. The fraction of sp³-hybridized carbons (Fsp3) is 0.857. The molecule has 0 aliphatic carbocycles. The number of rotatable bonds is 0. The number of nitrogens with zero attached hydrogens (tertiary/aromatic N) is 1. The van der Waals surface area contributed by atoms with E-state index in [1.165, 1.54) is 0 Å². The minimum Gasteiger partial charge on any atom is -0.351 e. The Balaban J connectivity index is 2.77. The molecule has 1 saturated heterocycles. The van der Waals surface area contributed by atoms with Crippen molar-refractivity contribution in [3.05, 3.63) is 0 Å². The first kappa shape index (κ1) is 9.46. The van der Waals surface area contributed by atoms with Gasteiger partial charge in [-0.05, 0) is 13.8 Å². The summed E-state index contributed by atoms with van der Waals surface area (Å²) in [7, 11) is -1.13. The molecule has 0 aromatic rings. The van der Waals surface area contributed by atoms with Gasteiger partial charge < -0.3 is 10.6 Å². The van der Waals surface area contributed by atoms with Gasteiger partial charge in [-0.25, -0.2) is 4.79 Å². The number of hydrogen-bond donors (Lipinski definition) is 1. The van der Waals surface area contributed by atoms with Gasteiger partial charge in [-0.1, -0.05) is 4.57 Å². The van der Waals surface area contributed by atoms with Crippen LogP contribution in [0.5, 0.6) is 0 Å². The largest absolute Gasteiger partial charge is 0.351 e. The van der Waals surface area contributed by atoms with E-state index in [0.717, 1.165) is 0 Å². The quantitative estimate of drug-likeness (QED) is 0.577. The molecule has 0 bridgehead atoms. The summed E-state index contributed by atoms with van der Waals surface area (Å²) in [5, 5.41) is 0. The molecule has 1 rings (SSSR count). The van der Waals surface area contributed by atoms with Crippen LogP contribution in [0.15, 0.2) is 0 Å². The lowest BCUT2D eigenvalue weighted by molar-refractivity contribution is 0.156. The zero-order chi connectivity index (χ0) is 9.35. The van der Waals surface area contributed by atoms with Gasteiger partial charge in [0.15, 0.2) is 12.3 Å². The molecule has 4 nitrogen and oxygen atoms in total. The van der Waals surface area contributed by atoms with E-state index in [2.05, 4.69) is 0 Å². The fourth-order valence-electron chi connectivity index (χ4n) is 1.52. The maximum atomic E-state index is 11.2. The van der Waals surface area contributed by atoms with Crippen LogP contribution in [0.25, 0.3) is 0 Å². The average Bonchev–Trinajstić information content (AvgIpc) is 1.82. The highest BCUT2D eigenvalue weighted by Gasteiger charge is 2.42. The molecule has 68 valence electrons. The summed E-state index contributed by atoms with van der Waals surface area (Å²) >= 11 is 0. The van der Waals surface area contributed by atoms with Crippen molar-refractivity contribution in [3.63, 3.8) is 0 Å². The predicted molar refractivity (Wildman–Crippen MR) is 47.7 cm³/mol. The van der Waals surface area contributed by atoms with Crippen molar-refractivity contribution in [1.29, 1.82) is 0 Å². The summed E-state index contributed by atoms with van der Waals surface area (Å²) in [5.41, 5.74) is 4.84. The van der Waals surface area contributed by atoms with E-state index in [1.54, 1.807) is 4.90 Å². The number of carbonyl (C=O) groups excluding carboxylic acids is 1. The van der Waals surface area contributed by atoms with Crippen LogP contribution in [0, 0.1) is 0 Å². The van der Waals surface area contributed by atoms with Gasteiger partial charge in [-0.3, -0.25) is 0 Å². The summed E-state index contributed by atoms with van der Waals surface area (Å²) in [6.45, 7) is 4.31. The third-order valence-corrected chi connectivity index (χ3v) is 3.96. The Morgan fingerprint density at radius 3 is 2.58 bits per heavy atom. The Morgan fingerprint density at radius 2 is 2.17 bits per heavy atom. The van der Waals surface area contributed by atoms with E-state index < -0.39 is 13.8 Å². The van der Waals surface area contributed by atoms with Crippen molar-refractivity contribution in [2.24, 2.45) is 5.73 Å². The second-order valence-electron chi connectivity index (χ2n) is 3.67. The normalized spacial score (nSPS) is 25.5. The highest BCUT2D eigenvalue weighted by Crippen LogP contribution is 2.34. The van der Waals surface area contributed by atoms with Crippen molar-refractivity contribution in [2.75, 3.05) is 18.9 Å². The molecule has 2 N–H and O–H groups in total. The molecule has 0 radical (unpaired) electrons. The van der Waals surface area contributed by atoms with Crippen LogP contribution in [0.1, 0.15) is 13.8 Å². The highest BCUT2D eigenvalue weighted by atomic mass is 31.1. The molecule has 0 aromatic carbocycles. The Kier molecular flexibility index (Phi) is 2.38. The van der Waals surface area contributed by atoms with E-state index in [1.807, 2.05) is 13.8 Å². The van der Waals surface area contributed by atoms with Gasteiger partial charge in [-0.2, -0.15) is 0 Å². The first-order valence-electron chi connectivity index (χ1n) is 3.92. The van der Waals surface area contributed by atoms with Crippen LogP contribution in [0.3, 0.4) is 0 Å². The van der Waals surface area contributed by atoms with Crippen LogP contribution in [0.4, 0.5) is 4.79 Å². The topological polar surface area (TPSA) is 63.4 Å². The number of amides is 2. The van der Waals surface area contributed by atoms with Crippen molar-refractivity contribution in [3.8, 4) is 0 Å². The van der Waals surface area contributed by atoms with E-state index >= 15 is 0 Å². The predicted octanol–water partition coefficient (Wildman–Crippen LogP) is 0.987. The molecule has 12 heavy (non-hydrogen) atoms. The molecular weight excluding hydrogens is 175 g/mol. The average molecular weight is 189 g/mol. The zero-order valence-electron chi connectivity index (χ0n) is 7.41. The molecule has 0 aromatic heterocycles. The second-order valence-corrected chi connectivity index (χ2v) is 5.39. The van der Waals surface area contributed by atoms with E-state index in [9.17, 15) is 9.36 Å². The molecule has 0 saturated carbocycles. The molecule has 5 heteroatoms. The molecule has 0 spiro atoms. The summed E-state index contributed by atoms with van der Waals surface area (Å²) in [4.78, 5) is 12.5. The van der Waals surface area contributed by atoms with Gasteiger partial charge in [0.2, 0.25) is 0 Å². The van der Waals surface area contributed by atoms with Gasteiger partial charge in [0.1, 0.15) is 0 Å². The monoisotopic (exact) mass is 189 g/mol. The van der Waals surface area contributed by atoms with Crippen LogP contribution in [0.2, 0.25) is 0 Å². The van der Waals surface area contributed by atoms with E-state index in [-0.39, 0.29) is 5.54 Å². The van der Waals surface area contributed by atoms with Crippen molar-refractivity contribution >= 4 is 13.8 Å².